The maximum Gasteiger partial charge on any atom is 0.248 e. The van der Waals surface area contributed by atoms with E-state index in [-0.39, 0.29) is 5.78 Å². The summed E-state index contributed by atoms with van der Waals surface area (Å²) in [5.74, 6) is -0.167. The minimum Gasteiger partial charge on any atom is -0.366 e. The van der Waals surface area contributed by atoms with Gasteiger partial charge in [0.1, 0.15) is 5.78 Å². The Morgan fingerprint density at radius 1 is 1.20 bits per heavy atom. The first-order chi connectivity index (χ1) is 7.13. The van der Waals surface area contributed by atoms with Crippen molar-refractivity contribution in [2.24, 2.45) is 5.73 Å². The highest BCUT2D eigenvalue weighted by Crippen LogP contribution is 2.07. The lowest BCUT2D eigenvalue weighted by Gasteiger charge is -2.01. The zero-order valence-corrected chi connectivity index (χ0v) is 8.82. The molecule has 1 amide bonds. The first kappa shape index (κ1) is 11.4. The Kier molecular flexibility index (Phi) is 4.03. The molecule has 3 heteroatoms. The van der Waals surface area contributed by atoms with E-state index < -0.39 is 5.91 Å². The summed E-state index contributed by atoms with van der Waals surface area (Å²) in [6, 6.07) is 7.05. The number of hydrogen-bond donors (Lipinski definition) is 1. The molecule has 0 heterocycles. The van der Waals surface area contributed by atoms with Crippen LogP contribution in [0.2, 0.25) is 0 Å². The maximum absolute atomic E-state index is 11.1. The van der Waals surface area contributed by atoms with Crippen LogP contribution in [0.25, 0.3) is 0 Å². The monoisotopic (exact) mass is 205 g/mol. The second-order valence-corrected chi connectivity index (χ2v) is 3.45. The number of amides is 1. The fourth-order valence-corrected chi connectivity index (χ4v) is 1.30. The van der Waals surface area contributed by atoms with Crippen LogP contribution < -0.4 is 5.73 Å². The standard InChI is InChI=1S/C12H15NO2/c1-2-11(14)8-5-9-3-6-10(7-4-9)12(13)15/h3-4,6-7H,2,5,8H2,1H3,(H2,13,15). The van der Waals surface area contributed by atoms with Gasteiger partial charge < -0.3 is 5.73 Å². The van der Waals surface area contributed by atoms with Gasteiger partial charge in [-0.15, -0.1) is 0 Å². The van der Waals surface area contributed by atoms with E-state index in [1.54, 1.807) is 12.1 Å². The number of hydrogen-bond acceptors (Lipinski definition) is 2. The number of nitrogens with two attached hydrogens (primary N) is 1. The van der Waals surface area contributed by atoms with Crippen molar-refractivity contribution in [2.75, 3.05) is 0 Å². The summed E-state index contributed by atoms with van der Waals surface area (Å²) in [6.45, 7) is 1.86. The number of carbonyl (C=O) groups excluding carboxylic acids is 2. The van der Waals surface area contributed by atoms with Crippen LogP contribution in [-0.2, 0) is 11.2 Å². The van der Waals surface area contributed by atoms with Crippen LogP contribution >= 0.6 is 0 Å². The van der Waals surface area contributed by atoms with E-state index in [0.29, 0.717) is 18.4 Å². The third kappa shape index (κ3) is 3.54. The van der Waals surface area contributed by atoms with Crippen LogP contribution in [0.1, 0.15) is 35.7 Å². The first-order valence-electron chi connectivity index (χ1n) is 5.04. The molecule has 0 bridgehead atoms. The summed E-state index contributed by atoms with van der Waals surface area (Å²) >= 11 is 0. The summed E-state index contributed by atoms with van der Waals surface area (Å²) in [5.41, 5.74) is 6.67. The molecule has 0 fully saturated rings. The molecule has 0 radical (unpaired) electrons. The summed E-state index contributed by atoms with van der Waals surface area (Å²) in [6.07, 6.45) is 1.87. The maximum atomic E-state index is 11.1. The predicted octanol–water partition coefficient (Wildman–Crippen LogP) is 1.70. The van der Waals surface area contributed by atoms with E-state index in [1.807, 2.05) is 19.1 Å². The van der Waals surface area contributed by atoms with E-state index in [9.17, 15) is 9.59 Å². The molecule has 3 nitrogen and oxygen atoms in total. The number of Topliss-reactive ketones (excluding diaryl/α,β-unsaturated/α-hetero) is 1. The van der Waals surface area contributed by atoms with Crippen molar-refractivity contribution >= 4 is 11.7 Å². The van der Waals surface area contributed by atoms with Gasteiger partial charge in [-0.1, -0.05) is 19.1 Å². The van der Waals surface area contributed by atoms with Crippen LogP contribution in [0.3, 0.4) is 0 Å². The lowest BCUT2D eigenvalue weighted by Crippen LogP contribution is -2.10. The SMILES string of the molecule is CCC(=O)CCc1ccc(C(N)=O)cc1. The third-order valence-corrected chi connectivity index (χ3v) is 2.33. The van der Waals surface area contributed by atoms with Gasteiger partial charge in [0.25, 0.3) is 0 Å². The second-order valence-electron chi connectivity index (χ2n) is 3.45. The molecule has 0 aromatic heterocycles. The van der Waals surface area contributed by atoms with Crippen molar-refractivity contribution in [1.29, 1.82) is 0 Å². The summed E-state index contributed by atoms with van der Waals surface area (Å²) < 4.78 is 0. The Morgan fingerprint density at radius 2 is 1.80 bits per heavy atom. The molecular weight excluding hydrogens is 190 g/mol. The van der Waals surface area contributed by atoms with E-state index in [0.717, 1.165) is 12.0 Å². The Labute approximate surface area is 89.3 Å². The molecule has 1 aromatic rings. The lowest BCUT2D eigenvalue weighted by atomic mass is 10.0. The number of rotatable bonds is 5. The van der Waals surface area contributed by atoms with Crippen molar-refractivity contribution in [3.05, 3.63) is 35.4 Å². The van der Waals surface area contributed by atoms with Gasteiger partial charge >= 0.3 is 0 Å². The molecule has 2 N–H and O–H groups in total. The Balaban J connectivity index is 2.57. The topological polar surface area (TPSA) is 60.2 Å². The van der Waals surface area contributed by atoms with Crippen LogP contribution in [0.15, 0.2) is 24.3 Å². The van der Waals surface area contributed by atoms with E-state index >= 15 is 0 Å². The van der Waals surface area contributed by atoms with Gasteiger partial charge in [-0.25, -0.2) is 0 Å². The molecule has 1 rings (SSSR count). The molecular formula is C12H15NO2. The Morgan fingerprint density at radius 3 is 2.27 bits per heavy atom. The van der Waals surface area contributed by atoms with Crippen LogP contribution in [0.4, 0.5) is 0 Å². The van der Waals surface area contributed by atoms with E-state index in [4.69, 9.17) is 5.73 Å². The highest BCUT2D eigenvalue weighted by Gasteiger charge is 2.02. The van der Waals surface area contributed by atoms with Crippen molar-refractivity contribution in [1.82, 2.24) is 0 Å². The van der Waals surface area contributed by atoms with Gasteiger partial charge in [-0.2, -0.15) is 0 Å². The minimum absolute atomic E-state index is 0.258. The fourth-order valence-electron chi connectivity index (χ4n) is 1.30. The van der Waals surface area contributed by atoms with E-state index in [1.165, 1.54) is 0 Å². The highest BCUT2D eigenvalue weighted by atomic mass is 16.1. The van der Waals surface area contributed by atoms with Crippen molar-refractivity contribution in [2.45, 2.75) is 26.2 Å². The van der Waals surface area contributed by atoms with Crippen LogP contribution in [-0.4, -0.2) is 11.7 Å². The molecule has 15 heavy (non-hydrogen) atoms. The van der Waals surface area contributed by atoms with Gasteiger partial charge in [0.15, 0.2) is 0 Å². The van der Waals surface area contributed by atoms with Crippen molar-refractivity contribution in [3.63, 3.8) is 0 Å². The molecule has 80 valence electrons. The molecule has 0 aliphatic carbocycles. The summed E-state index contributed by atoms with van der Waals surface area (Å²) in [4.78, 5) is 21.9. The van der Waals surface area contributed by atoms with Gasteiger partial charge in [0, 0.05) is 18.4 Å². The zero-order chi connectivity index (χ0) is 11.3. The summed E-state index contributed by atoms with van der Waals surface area (Å²) in [5, 5.41) is 0. The van der Waals surface area contributed by atoms with Crippen LogP contribution in [0.5, 0.6) is 0 Å². The third-order valence-electron chi connectivity index (χ3n) is 2.33. The molecule has 0 spiro atoms. The molecule has 0 atom stereocenters. The average Bonchev–Trinajstić information content (AvgIpc) is 2.26. The largest absolute Gasteiger partial charge is 0.366 e. The lowest BCUT2D eigenvalue weighted by molar-refractivity contribution is -0.118. The molecule has 0 aliphatic heterocycles. The minimum atomic E-state index is -0.425. The molecule has 1 aromatic carbocycles. The summed E-state index contributed by atoms with van der Waals surface area (Å²) in [7, 11) is 0. The highest BCUT2D eigenvalue weighted by molar-refractivity contribution is 5.92. The van der Waals surface area contributed by atoms with Crippen molar-refractivity contribution in [3.8, 4) is 0 Å². The number of primary amides is 1. The Bertz CT molecular complexity index is 354. The smallest absolute Gasteiger partial charge is 0.248 e. The number of benzene rings is 1. The van der Waals surface area contributed by atoms with Crippen LogP contribution in [0, 0.1) is 0 Å². The first-order valence-corrected chi connectivity index (χ1v) is 5.04. The van der Waals surface area contributed by atoms with Gasteiger partial charge in [0.05, 0.1) is 0 Å². The predicted molar refractivity (Wildman–Crippen MR) is 58.6 cm³/mol. The Hall–Kier alpha value is -1.64. The van der Waals surface area contributed by atoms with Gasteiger partial charge in [-0.3, -0.25) is 9.59 Å². The zero-order valence-electron chi connectivity index (χ0n) is 8.82. The van der Waals surface area contributed by atoms with E-state index in [2.05, 4.69) is 0 Å². The number of aryl methyl sites for hydroxylation is 1. The number of ketones is 1. The van der Waals surface area contributed by atoms with Gasteiger partial charge in [0.2, 0.25) is 5.91 Å². The normalized spacial score (nSPS) is 9.93. The molecule has 0 saturated heterocycles. The number of carbonyl (C=O) groups is 2. The fraction of sp³-hybridized carbons (Fsp3) is 0.333. The molecule has 0 aliphatic rings. The quantitative estimate of drug-likeness (QED) is 0.795. The molecule has 0 unspecified atom stereocenters. The van der Waals surface area contributed by atoms with Gasteiger partial charge in [-0.05, 0) is 24.1 Å². The second kappa shape index (κ2) is 5.29. The molecule has 0 saturated carbocycles. The van der Waals surface area contributed by atoms with Crippen molar-refractivity contribution < 1.29 is 9.59 Å². The average molecular weight is 205 g/mol.